The molecule has 3 heteroatoms. The molecular formula is C37H44O2P+. The standard InChI is InChI=1S/C37H43O2P/c1-28-29(2)36-34(30(3)35(28)38)24-26-37(4,39-36)25-16-5-6-17-27-40(31-18-10-7-11-19-31,32-20-12-8-13-21-32)33-22-14-9-15-23-33/h7-15,18-23H,5-6,16-17,24-27H2,1-4H3/p+1. The van der Waals surface area contributed by atoms with Crippen molar-refractivity contribution in [3.63, 3.8) is 0 Å². The van der Waals surface area contributed by atoms with Crippen LogP contribution in [0.25, 0.3) is 0 Å². The van der Waals surface area contributed by atoms with E-state index in [0.29, 0.717) is 5.75 Å². The molecule has 1 unspecified atom stereocenters. The van der Waals surface area contributed by atoms with Gasteiger partial charge in [-0.05, 0) is 119 Å². The molecule has 0 fully saturated rings. The van der Waals surface area contributed by atoms with Crippen LogP contribution in [-0.2, 0) is 6.42 Å². The van der Waals surface area contributed by atoms with Gasteiger partial charge in [0.1, 0.15) is 40.3 Å². The summed E-state index contributed by atoms with van der Waals surface area (Å²) in [5, 5.41) is 14.9. The van der Waals surface area contributed by atoms with Crippen LogP contribution in [0.2, 0.25) is 0 Å². The number of benzene rings is 4. The van der Waals surface area contributed by atoms with Crippen LogP contribution in [0.3, 0.4) is 0 Å². The molecule has 1 atom stereocenters. The number of fused-ring (bicyclic) bond motifs is 1. The second-order valence-electron chi connectivity index (χ2n) is 11.8. The summed E-state index contributed by atoms with van der Waals surface area (Å²) in [6, 6.07) is 33.7. The number of ether oxygens (including phenoxy) is 1. The lowest BCUT2D eigenvalue weighted by Gasteiger charge is -2.38. The first-order valence-corrected chi connectivity index (χ1v) is 16.9. The Morgan fingerprint density at radius 1 is 0.675 bits per heavy atom. The van der Waals surface area contributed by atoms with Crippen molar-refractivity contribution in [3.8, 4) is 11.5 Å². The van der Waals surface area contributed by atoms with E-state index in [1.54, 1.807) is 0 Å². The maximum absolute atomic E-state index is 10.5. The topological polar surface area (TPSA) is 29.5 Å². The zero-order chi connectivity index (χ0) is 28.2. The molecule has 0 aliphatic carbocycles. The normalized spacial score (nSPS) is 16.8. The molecule has 4 aromatic rings. The highest BCUT2D eigenvalue weighted by atomic mass is 31.2. The smallest absolute Gasteiger partial charge is 0.127 e. The molecule has 0 radical (unpaired) electrons. The first-order valence-electron chi connectivity index (χ1n) is 14.9. The van der Waals surface area contributed by atoms with Crippen LogP contribution in [0.5, 0.6) is 11.5 Å². The zero-order valence-corrected chi connectivity index (χ0v) is 25.5. The molecule has 0 bridgehead atoms. The highest BCUT2D eigenvalue weighted by Gasteiger charge is 2.44. The summed E-state index contributed by atoms with van der Waals surface area (Å²) < 4.78 is 6.70. The average Bonchev–Trinajstić information content (AvgIpc) is 3.00. The second kappa shape index (κ2) is 12.2. The van der Waals surface area contributed by atoms with Gasteiger partial charge in [0.05, 0.1) is 6.16 Å². The Bertz CT molecular complexity index is 1320. The Morgan fingerprint density at radius 3 is 1.70 bits per heavy atom. The summed E-state index contributed by atoms with van der Waals surface area (Å²) in [6.07, 6.45) is 9.08. The van der Waals surface area contributed by atoms with Crippen molar-refractivity contribution < 1.29 is 9.84 Å². The number of phenolic OH excluding ortho intramolecular Hbond substituents is 1. The zero-order valence-electron chi connectivity index (χ0n) is 24.6. The lowest BCUT2D eigenvalue weighted by atomic mass is 9.84. The highest BCUT2D eigenvalue weighted by molar-refractivity contribution is 7.95. The van der Waals surface area contributed by atoms with Gasteiger partial charge in [0.2, 0.25) is 0 Å². The third kappa shape index (κ3) is 5.57. The Kier molecular flexibility index (Phi) is 8.67. The van der Waals surface area contributed by atoms with Gasteiger partial charge >= 0.3 is 0 Å². The van der Waals surface area contributed by atoms with Gasteiger partial charge in [-0.25, -0.2) is 0 Å². The third-order valence-electron chi connectivity index (χ3n) is 9.13. The number of hydrogen-bond acceptors (Lipinski definition) is 2. The van der Waals surface area contributed by atoms with Crippen LogP contribution in [-0.4, -0.2) is 16.9 Å². The number of rotatable bonds is 10. The fourth-order valence-electron chi connectivity index (χ4n) is 6.55. The van der Waals surface area contributed by atoms with E-state index in [0.717, 1.165) is 41.7 Å². The Morgan fingerprint density at radius 2 is 1.18 bits per heavy atom. The predicted molar refractivity (Wildman–Crippen MR) is 173 cm³/mol. The van der Waals surface area contributed by atoms with E-state index < -0.39 is 7.26 Å². The molecule has 1 aliphatic rings. The Hall–Kier alpha value is -3.09. The molecule has 0 saturated carbocycles. The first kappa shape index (κ1) is 28.4. The van der Waals surface area contributed by atoms with E-state index in [1.807, 2.05) is 13.8 Å². The summed E-state index contributed by atoms with van der Waals surface area (Å²) in [7, 11) is -1.74. The molecule has 0 saturated heterocycles. The molecule has 5 rings (SSSR count). The maximum Gasteiger partial charge on any atom is 0.127 e. The molecule has 0 aromatic heterocycles. The lowest BCUT2D eigenvalue weighted by Crippen LogP contribution is -2.37. The quantitative estimate of drug-likeness (QED) is 0.159. The van der Waals surface area contributed by atoms with Gasteiger partial charge in [-0.1, -0.05) is 61.0 Å². The SMILES string of the molecule is Cc1c(C)c2c(c(C)c1O)CCC(C)(CCCCCC[P+](c1ccccc1)(c1ccccc1)c1ccccc1)O2. The fourth-order valence-corrected chi connectivity index (χ4v) is 11.0. The summed E-state index contributed by atoms with van der Waals surface area (Å²) in [6.45, 7) is 8.39. The molecule has 208 valence electrons. The van der Waals surface area contributed by atoms with Gasteiger partial charge in [0.15, 0.2) is 0 Å². The van der Waals surface area contributed by atoms with Crippen LogP contribution in [0, 0.1) is 20.8 Å². The predicted octanol–water partition coefficient (Wildman–Crippen LogP) is 8.35. The van der Waals surface area contributed by atoms with Crippen molar-refractivity contribution in [1.82, 2.24) is 0 Å². The van der Waals surface area contributed by atoms with Gasteiger partial charge < -0.3 is 9.84 Å². The first-order chi connectivity index (χ1) is 19.4. The highest BCUT2D eigenvalue weighted by Crippen LogP contribution is 2.56. The van der Waals surface area contributed by atoms with Gasteiger partial charge in [-0.3, -0.25) is 0 Å². The molecule has 0 spiro atoms. The van der Waals surface area contributed by atoms with Crippen LogP contribution >= 0.6 is 7.26 Å². The monoisotopic (exact) mass is 551 g/mol. The van der Waals surface area contributed by atoms with E-state index in [4.69, 9.17) is 4.74 Å². The van der Waals surface area contributed by atoms with E-state index in [9.17, 15) is 5.11 Å². The van der Waals surface area contributed by atoms with Crippen molar-refractivity contribution in [2.75, 3.05) is 6.16 Å². The van der Waals surface area contributed by atoms with Crippen LogP contribution in [0.1, 0.15) is 67.7 Å². The van der Waals surface area contributed by atoms with Crippen molar-refractivity contribution in [3.05, 3.63) is 113 Å². The van der Waals surface area contributed by atoms with Crippen molar-refractivity contribution in [2.45, 2.75) is 78.2 Å². The van der Waals surface area contributed by atoms with Crippen molar-refractivity contribution in [2.24, 2.45) is 0 Å². The summed E-state index contributed by atoms with van der Waals surface area (Å²) in [5.41, 5.74) is 4.08. The van der Waals surface area contributed by atoms with Gasteiger partial charge in [0.25, 0.3) is 0 Å². The van der Waals surface area contributed by atoms with Crippen molar-refractivity contribution >= 4 is 23.2 Å². The van der Waals surface area contributed by atoms with Crippen molar-refractivity contribution in [1.29, 1.82) is 0 Å². The van der Waals surface area contributed by atoms with Crippen LogP contribution in [0.15, 0.2) is 91.0 Å². The number of aromatic hydroxyl groups is 1. The number of unbranched alkanes of at least 4 members (excludes halogenated alkanes) is 3. The molecule has 1 N–H and O–H groups in total. The Labute approximate surface area is 241 Å². The molecular weight excluding hydrogens is 507 g/mol. The minimum absolute atomic E-state index is 0.136. The summed E-state index contributed by atoms with van der Waals surface area (Å²) in [5.74, 6) is 1.45. The fraction of sp³-hybridized carbons (Fsp3) is 0.351. The minimum Gasteiger partial charge on any atom is -0.507 e. The third-order valence-corrected chi connectivity index (χ3v) is 13.7. The van der Waals surface area contributed by atoms with Crippen LogP contribution < -0.4 is 20.7 Å². The molecule has 1 heterocycles. The van der Waals surface area contributed by atoms with E-state index in [1.165, 1.54) is 53.3 Å². The number of phenols is 1. The summed E-state index contributed by atoms with van der Waals surface area (Å²) in [4.78, 5) is 0. The van der Waals surface area contributed by atoms with Crippen LogP contribution in [0.4, 0.5) is 0 Å². The van der Waals surface area contributed by atoms with E-state index >= 15 is 0 Å². The molecule has 1 aliphatic heterocycles. The van der Waals surface area contributed by atoms with Gasteiger partial charge in [0, 0.05) is 5.56 Å². The second-order valence-corrected chi connectivity index (χ2v) is 15.4. The average molecular weight is 552 g/mol. The maximum atomic E-state index is 10.5. The minimum atomic E-state index is -1.74. The van der Waals surface area contributed by atoms with E-state index in [-0.39, 0.29) is 5.60 Å². The van der Waals surface area contributed by atoms with Gasteiger partial charge in [-0.2, -0.15) is 0 Å². The van der Waals surface area contributed by atoms with E-state index in [2.05, 4.69) is 105 Å². The molecule has 4 aromatic carbocycles. The van der Waals surface area contributed by atoms with Gasteiger partial charge in [-0.15, -0.1) is 0 Å². The lowest BCUT2D eigenvalue weighted by molar-refractivity contribution is 0.0522. The Balaban J connectivity index is 1.27. The molecule has 40 heavy (non-hydrogen) atoms. The molecule has 2 nitrogen and oxygen atoms in total. The largest absolute Gasteiger partial charge is 0.507 e. The summed E-state index contributed by atoms with van der Waals surface area (Å²) >= 11 is 0. The number of hydrogen-bond donors (Lipinski definition) is 1. The molecule has 0 amide bonds.